The van der Waals surface area contributed by atoms with E-state index < -0.39 is 0 Å². The van der Waals surface area contributed by atoms with Crippen LogP contribution in [0.25, 0.3) is 0 Å². The number of carbonyl (C=O) groups is 1. The Morgan fingerprint density at radius 3 is 2.59 bits per heavy atom. The zero-order valence-corrected chi connectivity index (χ0v) is 10.5. The largest absolute Gasteiger partial charge is 0.357 e. The first-order chi connectivity index (χ1) is 8.28. The smallest absolute Gasteiger partial charge is 0.242 e. The summed E-state index contributed by atoms with van der Waals surface area (Å²) in [6.07, 6.45) is 4.87. The molecule has 0 saturated heterocycles. The van der Waals surface area contributed by atoms with Gasteiger partial charge >= 0.3 is 0 Å². The van der Waals surface area contributed by atoms with Crippen LogP contribution in [0.5, 0.6) is 0 Å². The molecule has 2 rings (SSSR count). The second kappa shape index (κ2) is 5.89. The Morgan fingerprint density at radius 2 is 2.00 bits per heavy atom. The number of carbonyl (C=O) groups excluding carboxylic acids is 1. The molecule has 17 heavy (non-hydrogen) atoms. The van der Waals surface area contributed by atoms with Gasteiger partial charge in [0.1, 0.15) is 6.54 Å². The lowest BCUT2D eigenvalue weighted by molar-refractivity contribution is -0.119. The molecule has 0 aromatic carbocycles. The normalized spacial score (nSPS) is 19.9. The predicted octanol–water partition coefficient (Wildman–Crippen LogP) is 0.230. The first kappa shape index (κ1) is 12.2. The highest BCUT2D eigenvalue weighted by Gasteiger charge is 2.23. The molecule has 0 bridgehead atoms. The van der Waals surface area contributed by atoms with Gasteiger partial charge in [-0.15, -0.1) is 0 Å². The summed E-state index contributed by atoms with van der Waals surface area (Å²) in [7, 11) is 0. The fourth-order valence-electron chi connectivity index (χ4n) is 1.56. The number of guanidine groups is 1. The van der Waals surface area contributed by atoms with Crippen LogP contribution in [0.4, 0.5) is 0 Å². The third-order valence-electron chi connectivity index (χ3n) is 2.92. The summed E-state index contributed by atoms with van der Waals surface area (Å²) in [5.41, 5.74) is 0. The summed E-state index contributed by atoms with van der Waals surface area (Å²) in [6, 6.07) is 0.416. The average molecular weight is 238 g/mol. The number of rotatable bonds is 6. The SMILES string of the molecule is CCNC(=NCC(=O)NC1CC1)NCC1CC1. The lowest BCUT2D eigenvalue weighted by atomic mass is 10.4. The van der Waals surface area contributed by atoms with Gasteiger partial charge in [-0.1, -0.05) is 0 Å². The second-order valence-corrected chi connectivity index (χ2v) is 4.86. The molecule has 0 aliphatic heterocycles. The van der Waals surface area contributed by atoms with Gasteiger partial charge < -0.3 is 16.0 Å². The van der Waals surface area contributed by atoms with E-state index in [2.05, 4.69) is 20.9 Å². The molecule has 0 unspecified atom stereocenters. The molecule has 2 aliphatic carbocycles. The molecule has 0 aromatic rings. The van der Waals surface area contributed by atoms with E-state index in [9.17, 15) is 4.79 Å². The van der Waals surface area contributed by atoms with Gasteiger partial charge in [0.25, 0.3) is 0 Å². The molecule has 5 nitrogen and oxygen atoms in total. The van der Waals surface area contributed by atoms with Crippen molar-refractivity contribution in [3.8, 4) is 0 Å². The topological polar surface area (TPSA) is 65.5 Å². The van der Waals surface area contributed by atoms with Gasteiger partial charge in [0.2, 0.25) is 5.91 Å². The van der Waals surface area contributed by atoms with E-state index in [1.807, 2.05) is 6.92 Å². The lowest BCUT2D eigenvalue weighted by Crippen LogP contribution is -2.39. The Kier molecular flexibility index (Phi) is 4.23. The summed E-state index contributed by atoms with van der Waals surface area (Å²) >= 11 is 0. The zero-order valence-electron chi connectivity index (χ0n) is 10.5. The highest BCUT2D eigenvalue weighted by Crippen LogP contribution is 2.27. The lowest BCUT2D eigenvalue weighted by Gasteiger charge is -2.10. The Morgan fingerprint density at radius 1 is 1.24 bits per heavy atom. The highest BCUT2D eigenvalue weighted by atomic mass is 16.2. The minimum atomic E-state index is 0.0242. The van der Waals surface area contributed by atoms with Crippen molar-refractivity contribution in [2.24, 2.45) is 10.9 Å². The van der Waals surface area contributed by atoms with Gasteiger partial charge in [-0.3, -0.25) is 4.79 Å². The van der Waals surface area contributed by atoms with Gasteiger partial charge in [-0.05, 0) is 38.5 Å². The summed E-state index contributed by atoms with van der Waals surface area (Å²) in [5.74, 6) is 1.58. The molecule has 0 radical (unpaired) electrons. The van der Waals surface area contributed by atoms with Gasteiger partial charge in [-0.25, -0.2) is 4.99 Å². The number of hydrogen-bond donors (Lipinski definition) is 3. The summed E-state index contributed by atoms with van der Waals surface area (Å²) < 4.78 is 0. The van der Waals surface area contributed by atoms with Crippen LogP contribution in [0.15, 0.2) is 4.99 Å². The van der Waals surface area contributed by atoms with Crippen LogP contribution in [-0.2, 0) is 4.79 Å². The van der Waals surface area contributed by atoms with Gasteiger partial charge in [-0.2, -0.15) is 0 Å². The molecule has 5 heteroatoms. The maximum absolute atomic E-state index is 11.5. The van der Waals surface area contributed by atoms with E-state index in [1.165, 1.54) is 12.8 Å². The first-order valence-electron chi connectivity index (χ1n) is 6.59. The second-order valence-electron chi connectivity index (χ2n) is 4.86. The number of nitrogens with zero attached hydrogens (tertiary/aromatic N) is 1. The third kappa shape index (κ3) is 5.06. The highest BCUT2D eigenvalue weighted by molar-refractivity contribution is 5.85. The maximum atomic E-state index is 11.5. The van der Waals surface area contributed by atoms with Gasteiger partial charge in [0.05, 0.1) is 0 Å². The number of hydrogen-bond acceptors (Lipinski definition) is 2. The van der Waals surface area contributed by atoms with Gasteiger partial charge in [0.15, 0.2) is 5.96 Å². The van der Waals surface area contributed by atoms with E-state index in [1.54, 1.807) is 0 Å². The average Bonchev–Trinajstić information content (AvgIpc) is 3.15. The van der Waals surface area contributed by atoms with Crippen LogP contribution in [0.3, 0.4) is 0 Å². The van der Waals surface area contributed by atoms with Crippen LogP contribution < -0.4 is 16.0 Å². The Bertz CT molecular complexity index is 295. The Labute approximate surface area is 102 Å². The van der Waals surface area contributed by atoms with Crippen molar-refractivity contribution in [1.82, 2.24) is 16.0 Å². The molecule has 2 aliphatic rings. The van der Waals surface area contributed by atoms with Crippen molar-refractivity contribution in [3.05, 3.63) is 0 Å². The van der Waals surface area contributed by atoms with E-state index in [4.69, 9.17) is 0 Å². The summed E-state index contributed by atoms with van der Waals surface area (Å²) in [4.78, 5) is 15.8. The maximum Gasteiger partial charge on any atom is 0.242 e. The van der Waals surface area contributed by atoms with Crippen molar-refractivity contribution >= 4 is 11.9 Å². The first-order valence-corrected chi connectivity index (χ1v) is 6.59. The molecule has 2 fully saturated rings. The van der Waals surface area contributed by atoms with E-state index in [-0.39, 0.29) is 12.5 Å². The molecule has 0 spiro atoms. The summed E-state index contributed by atoms with van der Waals surface area (Å²) in [5, 5.41) is 9.34. The molecule has 3 N–H and O–H groups in total. The third-order valence-corrected chi connectivity index (χ3v) is 2.92. The fourth-order valence-corrected chi connectivity index (χ4v) is 1.56. The molecule has 0 aromatic heterocycles. The quantitative estimate of drug-likeness (QED) is 0.458. The van der Waals surface area contributed by atoms with Gasteiger partial charge in [0, 0.05) is 19.1 Å². The summed E-state index contributed by atoms with van der Waals surface area (Å²) in [6.45, 7) is 4.03. The zero-order chi connectivity index (χ0) is 12.1. The standard InChI is InChI=1S/C12H22N4O/c1-2-13-12(14-7-9-3-4-9)15-8-11(17)16-10-5-6-10/h9-10H,2-8H2,1H3,(H,16,17)(H2,13,14,15). The Hall–Kier alpha value is -1.26. The minimum Gasteiger partial charge on any atom is -0.357 e. The van der Waals surface area contributed by atoms with Crippen LogP contribution in [0.2, 0.25) is 0 Å². The van der Waals surface area contributed by atoms with Crippen molar-refractivity contribution in [2.45, 2.75) is 38.6 Å². The minimum absolute atomic E-state index is 0.0242. The number of nitrogens with one attached hydrogen (secondary N) is 3. The van der Waals surface area contributed by atoms with E-state index in [0.29, 0.717) is 6.04 Å². The monoisotopic (exact) mass is 238 g/mol. The molecule has 96 valence electrons. The number of aliphatic imine (C=N–C) groups is 1. The predicted molar refractivity (Wildman–Crippen MR) is 67.9 cm³/mol. The fraction of sp³-hybridized carbons (Fsp3) is 0.833. The number of amides is 1. The molecule has 0 atom stereocenters. The Balaban J connectivity index is 1.69. The van der Waals surface area contributed by atoms with Crippen molar-refractivity contribution < 1.29 is 4.79 Å². The van der Waals surface area contributed by atoms with Crippen molar-refractivity contribution in [1.29, 1.82) is 0 Å². The van der Waals surface area contributed by atoms with Crippen molar-refractivity contribution in [2.75, 3.05) is 19.6 Å². The molecule has 1 amide bonds. The van der Waals surface area contributed by atoms with E-state index >= 15 is 0 Å². The van der Waals surface area contributed by atoms with Crippen molar-refractivity contribution in [3.63, 3.8) is 0 Å². The molecule has 2 saturated carbocycles. The molecular weight excluding hydrogens is 216 g/mol. The molecule has 0 heterocycles. The molecular formula is C12H22N4O. The van der Waals surface area contributed by atoms with Crippen LogP contribution in [0.1, 0.15) is 32.6 Å². The van der Waals surface area contributed by atoms with E-state index in [0.717, 1.165) is 37.8 Å². The van der Waals surface area contributed by atoms with Crippen LogP contribution >= 0.6 is 0 Å². The van der Waals surface area contributed by atoms with Crippen LogP contribution in [-0.4, -0.2) is 37.5 Å². The van der Waals surface area contributed by atoms with Crippen LogP contribution in [0, 0.1) is 5.92 Å².